The van der Waals surface area contributed by atoms with E-state index < -0.39 is 48.1 Å². The van der Waals surface area contributed by atoms with Crippen molar-refractivity contribution in [2.24, 2.45) is 5.73 Å². The molecule has 6 N–H and O–H groups in total. The summed E-state index contributed by atoms with van der Waals surface area (Å²) in [4.78, 5) is 37.8. The number of hydrogen-bond donors (Lipinski definition) is 5. The second-order valence-corrected chi connectivity index (χ2v) is 12.6. The largest absolute Gasteiger partial charge is 0.465 e. The average Bonchev–Trinajstić information content (AvgIpc) is 3.02. The number of esters is 1. The van der Waals surface area contributed by atoms with Gasteiger partial charge in [-0.15, -0.1) is 0 Å². The summed E-state index contributed by atoms with van der Waals surface area (Å²) in [6, 6.07) is 6.44. The molecule has 1 aliphatic carbocycles. The second-order valence-electron chi connectivity index (χ2n) is 11.4. The molecular formula is C31H48N2O9S. The standard InChI is InChI=1S/C31H48N2O9S/c1-20(34)33-27-26(37)19-31(30(39)40-2,41-16-6-17-43-18-15-32)42-29(27)28(38)25(36)14-13-24(35)23-11-9-22(10-12-23)21-7-4-3-5-8-21/h9-12,21,25-29,36-38H,3-8,13-19,32H2,1-2H3,(H,33,34)/t25-,26-,27-,28-,29?,31-/m1/s1. The van der Waals surface area contributed by atoms with E-state index >= 15 is 0 Å². The Kier molecular flexibility index (Phi) is 14.4. The van der Waals surface area contributed by atoms with Crippen molar-refractivity contribution in [3.05, 3.63) is 35.4 Å². The average molecular weight is 625 g/mol. The number of Topliss-reactive ketones (excluding diaryl/α,β-unsaturated/α-hetero) is 1. The highest BCUT2D eigenvalue weighted by Crippen LogP contribution is 2.35. The van der Waals surface area contributed by atoms with Crippen LogP contribution < -0.4 is 11.1 Å². The number of nitrogens with two attached hydrogens (primary N) is 1. The Morgan fingerprint density at radius 2 is 1.84 bits per heavy atom. The van der Waals surface area contributed by atoms with E-state index in [2.05, 4.69) is 5.32 Å². The summed E-state index contributed by atoms with van der Waals surface area (Å²) in [5.74, 6) is -1.67. The Labute approximate surface area is 258 Å². The maximum absolute atomic E-state index is 12.9. The van der Waals surface area contributed by atoms with Crippen LogP contribution in [0.15, 0.2) is 24.3 Å². The van der Waals surface area contributed by atoms with E-state index in [1.54, 1.807) is 23.9 Å². The highest BCUT2D eigenvalue weighted by molar-refractivity contribution is 7.99. The van der Waals surface area contributed by atoms with E-state index in [4.69, 9.17) is 19.9 Å². The summed E-state index contributed by atoms with van der Waals surface area (Å²) in [5.41, 5.74) is 7.26. The van der Waals surface area contributed by atoms with Gasteiger partial charge < -0.3 is 40.6 Å². The first-order valence-electron chi connectivity index (χ1n) is 15.2. The van der Waals surface area contributed by atoms with Gasteiger partial charge in [0.05, 0.1) is 32.0 Å². The molecule has 1 heterocycles. The van der Waals surface area contributed by atoms with Crippen molar-refractivity contribution in [2.75, 3.05) is 31.8 Å². The van der Waals surface area contributed by atoms with Gasteiger partial charge in [-0.25, -0.2) is 4.79 Å². The molecule has 43 heavy (non-hydrogen) atoms. The van der Waals surface area contributed by atoms with Crippen molar-refractivity contribution in [3.8, 4) is 0 Å². The van der Waals surface area contributed by atoms with E-state index in [0.29, 0.717) is 30.2 Å². The topological polar surface area (TPSA) is 178 Å². The van der Waals surface area contributed by atoms with Crippen LogP contribution in [0.1, 0.15) is 86.6 Å². The van der Waals surface area contributed by atoms with Crippen LogP contribution >= 0.6 is 11.8 Å². The first-order chi connectivity index (χ1) is 20.6. The number of thioether (sulfide) groups is 1. The zero-order valence-electron chi connectivity index (χ0n) is 25.2. The fourth-order valence-corrected chi connectivity index (χ4v) is 6.56. The smallest absolute Gasteiger partial charge is 0.366 e. The van der Waals surface area contributed by atoms with Crippen LogP contribution in [0.3, 0.4) is 0 Å². The van der Waals surface area contributed by atoms with Crippen LogP contribution in [0.5, 0.6) is 0 Å². The number of carbonyl (C=O) groups is 3. The molecule has 0 radical (unpaired) electrons. The van der Waals surface area contributed by atoms with Gasteiger partial charge in [-0.1, -0.05) is 43.5 Å². The summed E-state index contributed by atoms with van der Waals surface area (Å²) in [5, 5.41) is 35.7. The molecule has 3 rings (SSSR count). The number of methoxy groups -OCH3 is 1. The number of aliphatic hydroxyl groups is 3. The number of nitrogens with one attached hydrogen (secondary N) is 1. The number of aliphatic hydroxyl groups excluding tert-OH is 3. The molecule has 11 nitrogen and oxygen atoms in total. The number of hydrogen-bond acceptors (Lipinski definition) is 11. The van der Waals surface area contributed by atoms with Crippen LogP contribution in [0, 0.1) is 0 Å². The van der Waals surface area contributed by atoms with Gasteiger partial charge in [0.25, 0.3) is 5.79 Å². The molecule has 242 valence electrons. The molecule has 2 fully saturated rings. The Hall–Kier alpha value is -2.06. The van der Waals surface area contributed by atoms with Crippen molar-refractivity contribution >= 4 is 29.4 Å². The lowest BCUT2D eigenvalue weighted by Gasteiger charge is -2.47. The third-order valence-electron chi connectivity index (χ3n) is 8.18. The third kappa shape index (κ3) is 9.97. The monoisotopic (exact) mass is 624 g/mol. The highest BCUT2D eigenvalue weighted by Gasteiger charge is 2.56. The van der Waals surface area contributed by atoms with Crippen LogP contribution in [-0.4, -0.2) is 101 Å². The van der Waals surface area contributed by atoms with Gasteiger partial charge in [0.2, 0.25) is 5.91 Å². The molecule has 1 saturated heterocycles. The molecule has 1 saturated carbocycles. The van der Waals surface area contributed by atoms with Crippen LogP contribution in [0.25, 0.3) is 0 Å². The van der Waals surface area contributed by atoms with Gasteiger partial charge >= 0.3 is 5.97 Å². The molecular weight excluding hydrogens is 576 g/mol. The summed E-state index contributed by atoms with van der Waals surface area (Å²) >= 11 is 1.62. The minimum atomic E-state index is -2.07. The normalized spacial score (nSPS) is 26.0. The van der Waals surface area contributed by atoms with Crippen molar-refractivity contribution in [3.63, 3.8) is 0 Å². The number of ether oxygens (including phenoxy) is 3. The molecule has 1 aromatic carbocycles. The minimum absolute atomic E-state index is 0.0554. The summed E-state index contributed by atoms with van der Waals surface area (Å²) < 4.78 is 16.7. The van der Waals surface area contributed by atoms with E-state index in [9.17, 15) is 29.7 Å². The Morgan fingerprint density at radius 1 is 1.14 bits per heavy atom. The Bertz CT molecular complexity index is 1040. The first kappa shape index (κ1) is 35.4. The van der Waals surface area contributed by atoms with E-state index in [1.807, 2.05) is 12.1 Å². The molecule has 1 aromatic rings. The number of benzene rings is 1. The number of ketones is 1. The predicted octanol–water partition coefficient (Wildman–Crippen LogP) is 2.04. The van der Waals surface area contributed by atoms with Crippen molar-refractivity contribution in [1.29, 1.82) is 0 Å². The van der Waals surface area contributed by atoms with Gasteiger partial charge in [-0.05, 0) is 42.9 Å². The number of carbonyl (C=O) groups excluding carboxylic acids is 3. The van der Waals surface area contributed by atoms with Gasteiger partial charge in [0.1, 0.15) is 12.2 Å². The van der Waals surface area contributed by atoms with Crippen molar-refractivity contribution in [2.45, 2.75) is 107 Å². The van der Waals surface area contributed by atoms with Gasteiger partial charge in [-0.3, -0.25) is 9.59 Å². The minimum Gasteiger partial charge on any atom is -0.465 e. The number of rotatable bonds is 16. The van der Waals surface area contributed by atoms with Crippen molar-refractivity contribution in [1.82, 2.24) is 5.32 Å². The SMILES string of the molecule is COC(=O)[C@@]1(OCCCSCCN)C[C@@H](O)[C@@H](NC(C)=O)C([C@H](O)[C@H](O)CCC(=O)c2ccc(C3CCCCC3)cc2)O1. The fourth-order valence-electron chi connectivity index (χ4n) is 5.87. The molecule has 2 aliphatic rings. The second kappa shape index (κ2) is 17.4. The van der Waals surface area contributed by atoms with E-state index in [1.165, 1.54) is 31.7 Å². The quantitative estimate of drug-likeness (QED) is 0.103. The Balaban J connectivity index is 1.67. The molecule has 1 unspecified atom stereocenters. The zero-order valence-corrected chi connectivity index (χ0v) is 26.1. The summed E-state index contributed by atoms with van der Waals surface area (Å²) in [6.45, 7) is 1.86. The van der Waals surface area contributed by atoms with Crippen LogP contribution in [0.2, 0.25) is 0 Å². The lowest BCUT2D eigenvalue weighted by atomic mass is 9.83. The van der Waals surface area contributed by atoms with Gasteiger partial charge in [-0.2, -0.15) is 11.8 Å². The van der Waals surface area contributed by atoms with Crippen molar-refractivity contribution < 1.29 is 43.9 Å². The third-order valence-corrected chi connectivity index (χ3v) is 9.28. The van der Waals surface area contributed by atoms with Crippen LogP contribution in [-0.2, 0) is 23.8 Å². The van der Waals surface area contributed by atoms with E-state index in [-0.39, 0.29) is 31.7 Å². The molecule has 1 amide bonds. The van der Waals surface area contributed by atoms with E-state index in [0.717, 1.165) is 25.7 Å². The lowest BCUT2D eigenvalue weighted by molar-refractivity contribution is -0.311. The molecule has 1 aliphatic heterocycles. The molecule has 12 heteroatoms. The fraction of sp³-hybridized carbons (Fsp3) is 0.710. The zero-order chi connectivity index (χ0) is 31.4. The summed E-state index contributed by atoms with van der Waals surface area (Å²) in [6.07, 6.45) is 0.0668. The Morgan fingerprint density at radius 3 is 2.47 bits per heavy atom. The predicted molar refractivity (Wildman–Crippen MR) is 163 cm³/mol. The molecule has 0 bridgehead atoms. The van der Waals surface area contributed by atoms with Gasteiger partial charge in [0, 0.05) is 37.6 Å². The first-order valence-corrected chi connectivity index (χ1v) is 16.4. The lowest BCUT2D eigenvalue weighted by Crippen LogP contribution is -2.67. The number of amides is 1. The molecule has 0 aromatic heterocycles. The maximum atomic E-state index is 12.9. The molecule has 0 spiro atoms. The van der Waals surface area contributed by atoms with Crippen LogP contribution in [0.4, 0.5) is 0 Å². The van der Waals surface area contributed by atoms with Gasteiger partial charge in [0.15, 0.2) is 5.78 Å². The maximum Gasteiger partial charge on any atom is 0.366 e. The highest BCUT2D eigenvalue weighted by atomic mass is 32.2. The molecule has 6 atom stereocenters. The summed E-state index contributed by atoms with van der Waals surface area (Å²) in [7, 11) is 1.15.